The number of carbonyl (C=O) groups excluding carboxylic acids is 2. The van der Waals surface area contributed by atoms with Gasteiger partial charge in [-0.1, -0.05) is 35.5 Å². The normalized spacial score (nSPS) is 17.4. The Balaban J connectivity index is 1.21. The summed E-state index contributed by atoms with van der Waals surface area (Å²) in [6.45, 7) is 6.70. The maximum Gasteiger partial charge on any atom is 0.310 e. The SMILES string of the molecule is CCOC(=O)[C@H]1CCCN(C(=O)c2ccc(CSc3nc(COC)cc(N4CCN(c5ccccc5Cl)CC4)n3)o2)C1. The largest absolute Gasteiger partial charge is 0.466 e. The van der Waals surface area contributed by atoms with Crippen LogP contribution in [0, 0.1) is 5.92 Å². The number of carbonyl (C=O) groups is 2. The first kappa shape index (κ1) is 30.2. The highest BCUT2D eigenvalue weighted by atomic mass is 35.5. The number of esters is 1. The fraction of sp³-hybridized carbons (Fsp3) is 0.467. The van der Waals surface area contributed by atoms with Crippen molar-refractivity contribution in [3.63, 3.8) is 0 Å². The van der Waals surface area contributed by atoms with Gasteiger partial charge in [-0.15, -0.1) is 0 Å². The third-order valence-electron chi connectivity index (χ3n) is 7.38. The highest BCUT2D eigenvalue weighted by molar-refractivity contribution is 7.98. The zero-order chi connectivity index (χ0) is 29.5. The molecule has 0 unspecified atom stereocenters. The van der Waals surface area contributed by atoms with Gasteiger partial charge in [-0.25, -0.2) is 9.97 Å². The number of anilines is 2. The molecule has 0 saturated carbocycles. The number of rotatable bonds is 10. The fourth-order valence-corrected chi connectivity index (χ4v) is 6.29. The average molecular weight is 614 g/mol. The predicted octanol–water partition coefficient (Wildman–Crippen LogP) is 4.90. The van der Waals surface area contributed by atoms with Crippen molar-refractivity contribution in [2.45, 2.75) is 37.3 Å². The molecule has 42 heavy (non-hydrogen) atoms. The maximum atomic E-state index is 13.1. The minimum atomic E-state index is -0.294. The molecule has 3 aromatic rings. The van der Waals surface area contributed by atoms with Gasteiger partial charge in [0.25, 0.3) is 5.91 Å². The van der Waals surface area contributed by atoms with Crippen LogP contribution in [-0.4, -0.2) is 79.7 Å². The molecule has 224 valence electrons. The molecule has 0 aliphatic carbocycles. The number of likely N-dealkylation sites (tertiary alicyclic amines) is 1. The lowest BCUT2D eigenvalue weighted by molar-refractivity contribution is -0.149. The summed E-state index contributed by atoms with van der Waals surface area (Å²) in [5.74, 6) is 1.49. The molecule has 4 heterocycles. The topological polar surface area (TPSA) is 101 Å². The average Bonchev–Trinajstić information content (AvgIpc) is 3.49. The van der Waals surface area contributed by atoms with Crippen LogP contribution in [0.5, 0.6) is 0 Å². The van der Waals surface area contributed by atoms with Crippen LogP contribution < -0.4 is 9.80 Å². The first-order chi connectivity index (χ1) is 20.4. The van der Waals surface area contributed by atoms with E-state index in [4.69, 9.17) is 30.5 Å². The van der Waals surface area contributed by atoms with Gasteiger partial charge in [0.2, 0.25) is 0 Å². The zero-order valence-electron chi connectivity index (χ0n) is 24.0. The number of piperazine rings is 1. The Labute approximate surface area is 255 Å². The molecule has 2 aliphatic rings. The van der Waals surface area contributed by atoms with Crippen LogP contribution in [0.1, 0.15) is 41.8 Å². The van der Waals surface area contributed by atoms with E-state index in [0.717, 1.165) is 61.2 Å². The Bertz CT molecular complexity index is 1380. The monoisotopic (exact) mass is 613 g/mol. The third-order valence-corrected chi connectivity index (χ3v) is 8.57. The lowest BCUT2D eigenvalue weighted by atomic mass is 9.98. The van der Waals surface area contributed by atoms with Crippen LogP contribution in [0.4, 0.5) is 11.5 Å². The molecule has 1 aromatic carbocycles. The molecule has 1 atom stereocenters. The van der Waals surface area contributed by atoms with Crippen LogP contribution in [0.2, 0.25) is 5.02 Å². The van der Waals surface area contributed by atoms with Crippen molar-refractivity contribution in [3.8, 4) is 0 Å². The van der Waals surface area contributed by atoms with Crippen molar-refractivity contribution in [2.24, 2.45) is 5.92 Å². The van der Waals surface area contributed by atoms with Crippen molar-refractivity contribution in [1.29, 1.82) is 0 Å². The number of para-hydroxylation sites is 1. The van der Waals surface area contributed by atoms with Gasteiger partial charge < -0.3 is 28.6 Å². The van der Waals surface area contributed by atoms with Crippen LogP contribution in [0.25, 0.3) is 0 Å². The number of ether oxygens (including phenoxy) is 2. The van der Waals surface area contributed by atoms with E-state index in [2.05, 4.69) is 20.9 Å². The van der Waals surface area contributed by atoms with E-state index in [9.17, 15) is 9.59 Å². The van der Waals surface area contributed by atoms with Gasteiger partial charge >= 0.3 is 5.97 Å². The predicted molar refractivity (Wildman–Crippen MR) is 162 cm³/mol. The van der Waals surface area contributed by atoms with Crippen LogP contribution in [0.15, 0.2) is 52.0 Å². The van der Waals surface area contributed by atoms with Crippen molar-refractivity contribution < 1.29 is 23.5 Å². The Morgan fingerprint density at radius 3 is 2.62 bits per heavy atom. The first-order valence-electron chi connectivity index (χ1n) is 14.2. The number of nitrogens with zero attached hydrogens (tertiary/aromatic N) is 5. The van der Waals surface area contributed by atoms with Crippen molar-refractivity contribution in [1.82, 2.24) is 14.9 Å². The molecule has 2 aromatic heterocycles. The minimum absolute atomic E-state index is 0.211. The van der Waals surface area contributed by atoms with Gasteiger partial charge in [-0.05, 0) is 44.0 Å². The summed E-state index contributed by atoms with van der Waals surface area (Å²) in [5, 5.41) is 1.37. The number of piperidine rings is 1. The summed E-state index contributed by atoms with van der Waals surface area (Å²) in [5.41, 5.74) is 1.85. The molecule has 5 rings (SSSR count). The molecule has 2 aliphatic heterocycles. The van der Waals surface area contributed by atoms with Gasteiger partial charge in [0.05, 0.1) is 41.3 Å². The summed E-state index contributed by atoms with van der Waals surface area (Å²) in [6, 6.07) is 13.4. The number of aromatic nitrogens is 2. The number of hydrogen-bond donors (Lipinski definition) is 0. The summed E-state index contributed by atoms with van der Waals surface area (Å²) in [4.78, 5) is 41.0. The second-order valence-corrected chi connectivity index (χ2v) is 11.6. The molecule has 0 radical (unpaired) electrons. The van der Waals surface area contributed by atoms with E-state index in [0.29, 0.717) is 43.0 Å². The van der Waals surface area contributed by atoms with Crippen molar-refractivity contribution >= 4 is 46.7 Å². The quantitative estimate of drug-likeness (QED) is 0.178. The van der Waals surface area contributed by atoms with Crippen LogP contribution >= 0.6 is 23.4 Å². The number of furan rings is 1. The molecule has 0 bridgehead atoms. The summed E-state index contributed by atoms with van der Waals surface area (Å²) >= 11 is 7.87. The molecular weight excluding hydrogens is 578 g/mol. The molecular formula is C30H36ClN5O5S. The molecule has 2 fully saturated rings. The van der Waals surface area contributed by atoms with Gasteiger partial charge in [-0.3, -0.25) is 9.59 Å². The van der Waals surface area contributed by atoms with Crippen molar-refractivity contribution in [3.05, 3.63) is 64.7 Å². The smallest absolute Gasteiger partial charge is 0.310 e. The van der Waals surface area contributed by atoms with E-state index < -0.39 is 0 Å². The Morgan fingerprint density at radius 1 is 1.07 bits per heavy atom. The Hall–Kier alpha value is -3.28. The van der Waals surface area contributed by atoms with Crippen LogP contribution in [-0.2, 0) is 26.6 Å². The van der Waals surface area contributed by atoms with Crippen molar-refractivity contribution in [2.75, 3.05) is 62.8 Å². The van der Waals surface area contributed by atoms with Gasteiger partial charge in [0.15, 0.2) is 10.9 Å². The summed E-state index contributed by atoms with van der Waals surface area (Å²) in [6.07, 6.45) is 1.48. The van der Waals surface area contributed by atoms with Crippen LogP contribution in [0.3, 0.4) is 0 Å². The van der Waals surface area contributed by atoms with E-state index in [1.165, 1.54) is 11.8 Å². The second kappa shape index (κ2) is 14.3. The molecule has 10 nitrogen and oxygen atoms in total. The number of halogens is 1. The van der Waals surface area contributed by atoms with Gasteiger partial charge in [0.1, 0.15) is 11.6 Å². The summed E-state index contributed by atoms with van der Waals surface area (Å²) < 4.78 is 16.4. The molecule has 2 saturated heterocycles. The van der Waals surface area contributed by atoms with Gasteiger partial charge in [0, 0.05) is 52.4 Å². The Morgan fingerprint density at radius 2 is 1.86 bits per heavy atom. The fourth-order valence-electron chi connectivity index (χ4n) is 5.27. The number of thioether (sulfide) groups is 1. The third kappa shape index (κ3) is 7.37. The standard InChI is InChI=1S/C30H36ClN5O5S/c1-3-40-29(38)21-7-6-12-36(18-21)28(37)26-11-10-23(41-26)20-42-30-32-22(19-39-2)17-27(33-30)35-15-13-34(14-16-35)25-9-5-4-8-24(25)31/h4-5,8-11,17,21H,3,6-7,12-16,18-20H2,1-2H3/t21-/m0/s1. The highest BCUT2D eigenvalue weighted by Gasteiger charge is 2.31. The number of hydrogen-bond acceptors (Lipinski definition) is 10. The Kier molecular flexibility index (Phi) is 10.2. The lowest BCUT2D eigenvalue weighted by Gasteiger charge is -2.37. The molecule has 1 amide bonds. The molecule has 12 heteroatoms. The number of amides is 1. The second-order valence-electron chi connectivity index (χ2n) is 10.3. The molecule has 0 spiro atoms. The van der Waals surface area contributed by atoms with E-state index in [-0.39, 0.29) is 23.6 Å². The number of benzene rings is 1. The summed E-state index contributed by atoms with van der Waals surface area (Å²) in [7, 11) is 1.65. The number of methoxy groups -OCH3 is 1. The molecule has 0 N–H and O–H groups in total. The maximum absolute atomic E-state index is 13.1. The van der Waals surface area contributed by atoms with Gasteiger partial charge in [-0.2, -0.15) is 0 Å². The zero-order valence-corrected chi connectivity index (χ0v) is 25.5. The van der Waals surface area contributed by atoms with E-state index in [1.54, 1.807) is 31.1 Å². The lowest BCUT2D eigenvalue weighted by Crippen LogP contribution is -2.47. The highest BCUT2D eigenvalue weighted by Crippen LogP contribution is 2.29. The first-order valence-corrected chi connectivity index (χ1v) is 15.6. The van der Waals surface area contributed by atoms with E-state index in [1.807, 2.05) is 24.3 Å². The minimum Gasteiger partial charge on any atom is -0.466 e. The van der Waals surface area contributed by atoms with E-state index >= 15 is 0 Å².